The average molecular weight is 183 g/mol. The van der Waals surface area contributed by atoms with Crippen molar-refractivity contribution in [1.29, 1.82) is 0 Å². The topological polar surface area (TPSA) is 32.3 Å². The van der Waals surface area contributed by atoms with Crippen molar-refractivity contribution >= 4 is 0 Å². The zero-order chi connectivity index (χ0) is 9.10. The third kappa shape index (κ3) is 3.28. The molecule has 2 unspecified atom stereocenters. The van der Waals surface area contributed by atoms with Gasteiger partial charge in [-0.15, -0.1) is 0 Å². The van der Waals surface area contributed by atoms with Gasteiger partial charge in [0.05, 0.1) is 6.10 Å². The van der Waals surface area contributed by atoms with Crippen molar-refractivity contribution < 1.29 is 5.11 Å². The summed E-state index contributed by atoms with van der Waals surface area (Å²) in [4.78, 5) is 0. The molecule has 2 heteroatoms. The van der Waals surface area contributed by atoms with E-state index in [1.54, 1.807) is 0 Å². The molecule has 0 aromatic rings. The molecule has 0 bridgehead atoms. The van der Waals surface area contributed by atoms with Gasteiger partial charge in [-0.2, -0.15) is 0 Å². The van der Waals surface area contributed by atoms with Crippen LogP contribution in [0.1, 0.15) is 38.5 Å². The Bertz CT molecular complexity index is 156. The van der Waals surface area contributed by atoms with E-state index in [0.29, 0.717) is 0 Å². The molecule has 0 spiro atoms. The minimum Gasteiger partial charge on any atom is -0.393 e. The Morgan fingerprint density at radius 1 is 1.08 bits per heavy atom. The molecular weight excluding hydrogens is 162 g/mol. The highest BCUT2D eigenvalue weighted by Gasteiger charge is 2.23. The van der Waals surface area contributed by atoms with Crippen LogP contribution < -0.4 is 5.32 Å². The molecule has 0 aromatic carbocycles. The molecule has 2 N–H and O–H groups in total. The number of nitrogens with one attached hydrogen (secondary N) is 1. The summed E-state index contributed by atoms with van der Waals surface area (Å²) in [5.74, 6) is 1.79. The second-order valence-corrected chi connectivity index (χ2v) is 4.77. The van der Waals surface area contributed by atoms with Crippen LogP contribution in [0.4, 0.5) is 0 Å². The van der Waals surface area contributed by atoms with Gasteiger partial charge in [0.1, 0.15) is 0 Å². The van der Waals surface area contributed by atoms with Crippen LogP contribution in [-0.4, -0.2) is 24.3 Å². The lowest BCUT2D eigenvalue weighted by atomic mass is 10.1. The van der Waals surface area contributed by atoms with Gasteiger partial charge in [-0.1, -0.05) is 12.8 Å². The Labute approximate surface area is 80.7 Å². The second-order valence-electron chi connectivity index (χ2n) is 4.77. The lowest BCUT2D eigenvalue weighted by Crippen LogP contribution is -2.23. The summed E-state index contributed by atoms with van der Waals surface area (Å²) >= 11 is 0. The quantitative estimate of drug-likeness (QED) is 0.634. The van der Waals surface area contributed by atoms with E-state index >= 15 is 0 Å². The van der Waals surface area contributed by atoms with Gasteiger partial charge in [0, 0.05) is 0 Å². The fourth-order valence-electron chi connectivity index (χ4n) is 2.25. The van der Waals surface area contributed by atoms with E-state index in [-0.39, 0.29) is 6.10 Å². The Kier molecular flexibility index (Phi) is 3.23. The van der Waals surface area contributed by atoms with Gasteiger partial charge in [0.15, 0.2) is 0 Å². The third-order valence-electron chi connectivity index (χ3n) is 3.37. The number of hydrogen-bond donors (Lipinski definition) is 2. The highest BCUT2D eigenvalue weighted by molar-refractivity contribution is 4.77. The molecule has 0 radical (unpaired) electrons. The predicted octanol–water partition coefficient (Wildman–Crippen LogP) is 1.54. The van der Waals surface area contributed by atoms with E-state index in [1.807, 2.05) is 0 Å². The summed E-state index contributed by atoms with van der Waals surface area (Å²) in [5.41, 5.74) is 0. The monoisotopic (exact) mass is 183 g/mol. The summed E-state index contributed by atoms with van der Waals surface area (Å²) in [7, 11) is 0. The van der Waals surface area contributed by atoms with Crippen molar-refractivity contribution in [3.63, 3.8) is 0 Å². The molecule has 13 heavy (non-hydrogen) atoms. The summed E-state index contributed by atoms with van der Waals surface area (Å²) < 4.78 is 0. The normalized spacial score (nSPS) is 33.9. The van der Waals surface area contributed by atoms with E-state index in [0.717, 1.165) is 31.2 Å². The number of hydrogen-bond acceptors (Lipinski definition) is 2. The first-order valence-corrected chi connectivity index (χ1v) is 5.73. The molecule has 2 saturated carbocycles. The molecule has 2 aliphatic carbocycles. The second kappa shape index (κ2) is 4.43. The van der Waals surface area contributed by atoms with Gasteiger partial charge < -0.3 is 10.4 Å². The van der Waals surface area contributed by atoms with Gasteiger partial charge in [-0.05, 0) is 50.6 Å². The van der Waals surface area contributed by atoms with Gasteiger partial charge in [0.25, 0.3) is 0 Å². The third-order valence-corrected chi connectivity index (χ3v) is 3.37. The summed E-state index contributed by atoms with van der Waals surface area (Å²) in [6, 6.07) is 0. The number of aliphatic hydroxyl groups is 1. The SMILES string of the molecule is OC1CCC(CNCCC2CC2)C1. The molecule has 0 saturated heterocycles. The molecule has 0 heterocycles. The van der Waals surface area contributed by atoms with Crippen LogP contribution in [0.3, 0.4) is 0 Å². The van der Waals surface area contributed by atoms with Crippen LogP contribution >= 0.6 is 0 Å². The van der Waals surface area contributed by atoms with Gasteiger partial charge in [-0.3, -0.25) is 0 Å². The van der Waals surface area contributed by atoms with Gasteiger partial charge >= 0.3 is 0 Å². The van der Waals surface area contributed by atoms with Gasteiger partial charge in [0.2, 0.25) is 0 Å². The Hall–Kier alpha value is -0.0800. The zero-order valence-corrected chi connectivity index (χ0v) is 8.34. The summed E-state index contributed by atoms with van der Waals surface area (Å²) in [6.07, 6.45) is 7.56. The van der Waals surface area contributed by atoms with Crippen LogP contribution in [0.25, 0.3) is 0 Å². The van der Waals surface area contributed by atoms with E-state index in [1.165, 1.54) is 32.2 Å². The lowest BCUT2D eigenvalue weighted by molar-refractivity contribution is 0.177. The minimum absolute atomic E-state index is 0.00441. The zero-order valence-electron chi connectivity index (χ0n) is 8.34. The van der Waals surface area contributed by atoms with Crippen LogP contribution in [0.15, 0.2) is 0 Å². The molecule has 0 amide bonds. The van der Waals surface area contributed by atoms with Crippen LogP contribution in [0.2, 0.25) is 0 Å². The first-order valence-electron chi connectivity index (χ1n) is 5.73. The Morgan fingerprint density at radius 2 is 1.85 bits per heavy atom. The molecular formula is C11H21NO. The number of rotatable bonds is 5. The van der Waals surface area contributed by atoms with Crippen LogP contribution in [0, 0.1) is 11.8 Å². The summed E-state index contributed by atoms with van der Waals surface area (Å²) in [5, 5.41) is 12.8. The van der Waals surface area contributed by atoms with Crippen LogP contribution in [-0.2, 0) is 0 Å². The lowest BCUT2D eigenvalue weighted by Gasteiger charge is -2.10. The Balaban J connectivity index is 1.47. The van der Waals surface area contributed by atoms with Crippen molar-refractivity contribution in [3.8, 4) is 0 Å². The molecule has 0 aliphatic heterocycles. The van der Waals surface area contributed by atoms with Crippen molar-refractivity contribution in [1.82, 2.24) is 5.32 Å². The first kappa shape index (κ1) is 9.47. The molecule has 2 nitrogen and oxygen atoms in total. The van der Waals surface area contributed by atoms with Crippen molar-refractivity contribution in [3.05, 3.63) is 0 Å². The number of aliphatic hydroxyl groups excluding tert-OH is 1. The molecule has 2 fully saturated rings. The smallest absolute Gasteiger partial charge is 0.0543 e. The maximum Gasteiger partial charge on any atom is 0.0543 e. The molecule has 0 aromatic heterocycles. The first-order chi connectivity index (χ1) is 6.34. The Morgan fingerprint density at radius 3 is 2.46 bits per heavy atom. The van der Waals surface area contributed by atoms with E-state index in [2.05, 4.69) is 5.32 Å². The fraction of sp³-hybridized carbons (Fsp3) is 1.00. The predicted molar refractivity (Wildman–Crippen MR) is 53.6 cm³/mol. The standard InChI is InChI=1S/C11H21NO/c13-11-4-3-10(7-11)8-12-6-5-9-1-2-9/h9-13H,1-8H2. The van der Waals surface area contributed by atoms with E-state index < -0.39 is 0 Å². The van der Waals surface area contributed by atoms with Crippen LogP contribution in [0.5, 0.6) is 0 Å². The fourth-order valence-corrected chi connectivity index (χ4v) is 2.25. The maximum absolute atomic E-state index is 9.33. The molecule has 2 rings (SSSR count). The van der Waals surface area contributed by atoms with Gasteiger partial charge in [-0.25, -0.2) is 0 Å². The maximum atomic E-state index is 9.33. The highest BCUT2D eigenvalue weighted by atomic mass is 16.3. The van der Waals surface area contributed by atoms with Crippen molar-refractivity contribution in [2.45, 2.75) is 44.6 Å². The highest BCUT2D eigenvalue weighted by Crippen LogP contribution is 2.31. The van der Waals surface area contributed by atoms with E-state index in [4.69, 9.17) is 0 Å². The van der Waals surface area contributed by atoms with E-state index in [9.17, 15) is 5.11 Å². The molecule has 2 aliphatic rings. The largest absolute Gasteiger partial charge is 0.393 e. The summed E-state index contributed by atoms with van der Waals surface area (Å²) in [6.45, 7) is 2.32. The molecule has 2 atom stereocenters. The van der Waals surface area contributed by atoms with Crippen molar-refractivity contribution in [2.24, 2.45) is 11.8 Å². The average Bonchev–Trinajstić information content (AvgIpc) is 2.84. The van der Waals surface area contributed by atoms with Crippen molar-refractivity contribution in [2.75, 3.05) is 13.1 Å². The minimum atomic E-state index is -0.00441. The molecule has 76 valence electrons.